The van der Waals surface area contributed by atoms with E-state index in [1.807, 2.05) is 31.3 Å². The number of benzene rings is 1. The Hall–Kier alpha value is -1.55. The van der Waals surface area contributed by atoms with Gasteiger partial charge in [-0.1, -0.05) is 20.8 Å². The van der Waals surface area contributed by atoms with Crippen molar-refractivity contribution < 1.29 is 4.74 Å². The highest BCUT2D eigenvalue weighted by Crippen LogP contribution is 2.26. The summed E-state index contributed by atoms with van der Waals surface area (Å²) >= 11 is 1.70. The summed E-state index contributed by atoms with van der Waals surface area (Å²) < 4.78 is 5.73. The van der Waals surface area contributed by atoms with Gasteiger partial charge in [0.1, 0.15) is 12.4 Å². The maximum atomic E-state index is 5.73. The van der Waals surface area contributed by atoms with Gasteiger partial charge in [-0.25, -0.2) is 4.98 Å². The summed E-state index contributed by atoms with van der Waals surface area (Å²) in [6.45, 7) is 7.04. The van der Waals surface area contributed by atoms with E-state index in [4.69, 9.17) is 4.74 Å². The lowest BCUT2D eigenvalue weighted by Gasteiger charge is -2.13. The molecule has 0 radical (unpaired) electrons. The largest absolute Gasteiger partial charge is 0.487 e. The van der Waals surface area contributed by atoms with Gasteiger partial charge >= 0.3 is 0 Å². The van der Waals surface area contributed by atoms with Crippen LogP contribution in [-0.4, -0.2) is 12.0 Å². The van der Waals surface area contributed by atoms with Crippen molar-refractivity contribution in [3.63, 3.8) is 0 Å². The minimum absolute atomic E-state index is 0.108. The molecule has 4 heteroatoms. The number of aromatic nitrogens is 1. The van der Waals surface area contributed by atoms with E-state index in [0.29, 0.717) is 6.61 Å². The van der Waals surface area contributed by atoms with Crippen molar-refractivity contribution in [3.05, 3.63) is 40.3 Å². The Labute approximate surface area is 118 Å². The lowest BCUT2D eigenvalue weighted by molar-refractivity contribution is 0.301. The number of ether oxygens (including phenoxy) is 1. The van der Waals surface area contributed by atoms with Gasteiger partial charge in [-0.3, -0.25) is 0 Å². The molecule has 2 rings (SSSR count). The Balaban J connectivity index is 1.96. The summed E-state index contributed by atoms with van der Waals surface area (Å²) in [5, 5.41) is 6.30. The van der Waals surface area contributed by atoms with Gasteiger partial charge in [-0.15, -0.1) is 11.3 Å². The molecule has 102 valence electrons. The molecule has 1 aromatic carbocycles. The van der Waals surface area contributed by atoms with E-state index < -0.39 is 0 Å². The predicted molar refractivity (Wildman–Crippen MR) is 81.1 cm³/mol. The molecule has 0 spiro atoms. The van der Waals surface area contributed by atoms with Crippen LogP contribution in [0, 0.1) is 0 Å². The molecule has 0 bridgehead atoms. The maximum Gasteiger partial charge on any atom is 0.131 e. The van der Waals surface area contributed by atoms with Crippen molar-refractivity contribution >= 4 is 17.0 Å². The normalized spacial score (nSPS) is 11.4. The van der Waals surface area contributed by atoms with Crippen LogP contribution in [0.2, 0.25) is 0 Å². The second-order valence-corrected chi connectivity index (χ2v) is 6.32. The van der Waals surface area contributed by atoms with E-state index in [-0.39, 0.29) is 5.41 Å². The van der Waals surface area contributed by atoms with E-state index in [2.05, 4.69) is 36.5 Å². The topological polar surface area (TPSA) is 34.1 Å². The van der Waals surface area contributed by atoms with Crippen molar-refractivity contribution in [2.45, 2.75) is 32.8 Å². The number of nitrogens with one attached hydrogen (secondary N) is 1. The van der Waals surface area contributed by atoms with Crippen LogP contribution in [0.3, 0.4) is 0 Å². The van der Waals surface area contributed by atoms with Crippen LogP contribution < -0.4 is 10.1 Å². The van der Waals surface area contributed by atoms with Crippen molar-refractivity contribution in [2.24, 2.45) is 0 Å². The quantitative estimate of drug-likeness (QED) is 0.914. The van der Waals surface area contributed by atoms with Gasteiger partial charge in [0.05, 0.1) is 10.7 Å². The van der Waals surface area contributed by atoms with Crippen LogP contribution in [0.4, 0.5) is 5.69 Å². The van der Waals surface area contributed by atoms with Gasteiger partial charge in [0, 0.05) is 23.5 Å². The molecule has 0 saturated carbocycles. The van der Waals surface area contributed by atoms with Gasteiger partial charge in [0.25, 0.3) is 0 Å². The third-order valence-electron chi connectivity index (χ3n) is 2.72. The van der Waals surface area contributed by atoms with E-state index >= 15 is 0 Å². The van der Waals surface area contributed by atoms with E-state index in [1.165, 1.54) is 0 Å². The first-order valence-corrected chi connectivity index (χ1v) is 7.22. The molecule has 0 aliphatic heterocycles. The molecule has 19 heavy (non-hydrogen) atoms. The molecule has 3 nitrogen and oxygen atoms in total. The molecule has 1 heterocycles. The number of rotatable bonds is 4. The first kappa shape index (κ1) is 13.9. The Bertz CT molecular complexity index is 526. The molecular weight excluding hydrogens is 256 g/mol. The minimum atomic E-state index is 0.108. The molecule has 1 N–H and O–H groups in total. The average Bonchev–Trinajstić information content (AvgIpc) is 2.86. The predicted octanol–water partition coefficient (Wildman–Crippen LogP) is 4.06. The Morgan fingerprint density at radius 2 is 1.89 bits per heavy atom. The summed E-state index contributed by atoms with van der Waals surface area (Å²) in [6, 6.07) is 7.92. The maximum absolute atomic E-state index is 5.73. The second kappa shape index (κ2) is 5.61. The third-order valence-corrected chi connectivity index (χ3v) is 4.04. The summed E-state index contributed by atoms with van der Waals surface area (Å²) in [5.74, 6) is 0.865. The first-order valence-electron chi connectivity index (χ1n) is 6.34. The van der Waals surface area contributed by atoms with E-state index in [1.54, 1.807) is 11.3 Å². The van der Waals surface area contributed by atoms with Crippen LogP contribution >= 0.6 is 11.3 Å². The number of anilines is 1. The van der Waals surface area contributed by atoms with E-state index in [9.17, 15) is 0 Å². The molecule has 0 aliphatic carbocycles. The molecule has 0 aliphatic rings. The molecule has 0 amide bonds. The summed E-state index contributed by atoms with van der Waals surface area (Å²) in [7, 11) is 1.90. The third kappa shape index (κ3) is 3.70. The summed E-state index contributed by atoms with van der Waals surface area (Å²) in [4.78, 5) is 4.61. The molecule has 0 saturated heterocycles. The second-order valence-electron chi connectivity index (χ2n) is 5.46. The molecule has 0 atom stereocenters. The van der Waals surface area contributed by atoms with Crippen LogP contribution in [-0.2, 0) is 12.0 Å². The molecule has 2 aromatic rings. The zero-order valence-electron chi connectivity index (χ0n) is 11.9. The molecule has 0 unspecified atom stereocenters. The standard InChI is InChI=1S/C15H20N2OS/c1-15(2,3)14-17-12(10-19-14)9-18-13-7-5-11(16-4)6-8-13/h5-8,10,16H,9H2,1-4H3. The van der Waals surface area contributed by atoms with Crippen LogP contribution in [0.25, 0.3) is 0 Å². The summed E-state index contributed by atoms with van der Waals surface area (Å²) in [5.41, 5.74) is 2.18. The van der Waals surface area contributed by atoms with Gasteiger partial charge in [-0.05, 0) is 24.3 Å². The van der Waals surface area contributed by atoms with Crippen LogP contribution in [0.1, 0.15) is 31.5 Å². The Morgan fingerprint density at radius 1 is 1.21 bits per heavy atom. The molecule has 0 fully saturated rings. The Kier molecular flexibility index (Phi) is 4.10. The summed E-state index contributed by atoms with van der Waals surface area (Å²) in [6.07, 6.45) is 0. The first-order chi connectivity index (χ1) is 8.99. The van der Waals surface area contributed by atoms with Crippen LogP contribution in [0.15, 0.2) is 29.6 Å². The highest BCUT2D eigenvalue weighted by Gasteiger charge is 2.17. The fourth-order valence-corrected chi connectivity index (χ4v) is 2.48. The zero-order chi connectivity index (χ0) is 13.9. The molecule has 1 aromatic heterocycles. The monoisotopic (exact) mass is 276 g/mol. The van der Waals surface area contributed by atoms with Crippen molar-refractivity contribution in [2.75, 3.05) is 12.4 Å². The van der Waals surface area contributed by atoms with E-state index in [0.717, 1.165) is 22.1 Å². The lowest BCUT2D eigenvalue weighted by Crippen LogP contribution is -2.10. The number of thiazole rings is 1. The van der Waals surface area contributed by atoms with Gasteiger partial charge in [-0.2, -0.15) is 0 Å². The SMILES string of the molecule is CNc1ccc(OCc2csc(C(C)(C)C)n2)cc1. The zero-order valence-corrected chi connectivity index (χ0v) is 12.7. The van der Waals surface area contributed by atoms with Crippen molar-refractivity contribution in [3.8, 4) is 5.75 Å². The smallest absolute Gasteiger partial charge is 0.131 e. The highest BCUT2D eigenvalue weighted by molar-refractivity contribution is 7.09. The number of hydrogen-bond acceptors (Lipinski definition) is 4. The highest BCUT2D eigenvalue weighted by atomic mass is 32.1. The minimum Gasteiger partial charge on any atom is -0.487 e. The molecular formula is C15H20N2OS. The van der Waals surface area contributed by atoms with Gasteiger partial charge in [0.15, 0.2) is 0 Å². The fraction of sp³-hybridized carbons (Fsp3) is 0.400. The van der Waals surface area contributed by atoms with Crippen molar-refractivity contribution in [1.82, 2.24) is 4.98 Å². The fourth-order valence-electron chi connectivity index (χ4n) is 1.59. The number of nitrogens with zero attached hydrogens (tertiary/aromatic N) is 1. The van der Waals surface area contributed by atoms with Crippen LogP contribution in [0.5, 0.6) is 5.75 Å². The van der Waals surface area contributed by atoms with Gasteiger partial charge in [0.2, 0.25) is 0 Å². The van der Waals surface area contributed by atoms with Crippen molar-refractivity contribution in [1.29, 1.82) is 0 Å². The Morgan fingerprint density at radius 3 is 2.42 bits per heavy atom. The lowest BCUT2D eigenvalue weighted by atomic mass is 9.98. The average molecular weight is 276 g/mol. The number of hydrogen-bond donors (Lipinski definition) is 1. The van der Waals surface area contributed by atoms with Gasteiger partial charge < -0.3 is 10.1 Å².